The Balaban J connectivity index is 2.23. The second-order valence-electron chi connectivity index (χ2n) is 5.63. The van der Waals surface area contributed by atoms with Crippen LogP contribution < -0.4 is 5.32 Å². The summed E-state index contributed by atoms with van der Waals surface area (Å²) in [7, 11) is 1.45. The minimum atomic E-state index is -0.123. The van der Waals surface area contributed by atoms with Crippen molar-refractivity contribution in [3.05, 3.63) is 0 Å². The molecule has 0 bridgehead atoms. The largest absolute Gasteiger partial charge is 0.469 e. The van der Waals surface area contributed by atoms with Crippen LogP contribution in [0.5, 0.6) is 0 Å². The Morgan fingerprint density at radius 1 is 1.29 bits per heavy atom. The van der Waals surface area contributed by atoms with Gasteiger partial charge in [0.15, 0.2) is 0 Å². The van der Waals surface area contributed by atoms with E-state index in [0.717, 1.165) is 18.4 Å². The molecule has 1 N–H and O–H groups in total. The number of carbonyl (C=O) groups excluding carboxylic acids is 1. The van der Waals surface area contributed by atoms with Crippen LogP contribution in [-0.4, -0.2) is 25.7 Å². The molecule has 1 fully saturated rings. The van der Waals surface area contributed by atoms with Crippen LogP contribution in [0.2, 0.25) is 0 Å². The fraction of sp³-hybridized carbons (Fsp3) is 0.929. The maximum Gasteiger partial charge on any atom is 0.309 e. The van der Waals surface area contributed by atoms with Crippen LogP contribution in [0.3, 0.4) is 0 Å². The van der Waals surface area contributed by atoms with Crippen molar-refractivity contribution in [3.8, 4) is 0 Å². The zero-order valence-corrected chi connectivity index (χ0v) is 11.7. The summed E-state index contributed by atoms with van der Waals surface area (Å²) in [4.78, 5) is 11.4. The van der Waals surface area contributed by atoms with Gasteiger partial charge in [-0.05, 0) is 38.1 Å². The number of hydrogen-bond acceptors (Lipinski definition) is 3. The molecule has 0 aromatic heterocycles. The Hall–Kier alpha value is -0.570. The van der Waals surface area contributed by atoms with Gasteiger partial charge in [0.2, 0.25) is 0 Å². The van der Waals surface area contributed by atoms with Crippen molar-refractivity contribution < 1.29 is 9.53 Å². The average molecular weight is 241 g/mol. The minimum Gasteiger partial charge on any atom is -0.469 e. The van der Waals surface area contributed by atoms with E-state index >= 15 is 0 Å². The number of esters is 1. The van der Waals surface area contributed by atoms with Gasteiger partial charge in [-0.15, -0.1) is 0 Å². The highest BCUT2D eigenvalue weighted by Gasteiger charge is 2.23. The van der Waals surface area contributed by atoms with Crippen molar-refractivity contribution in [3.63, 3.8) is 0 Å². The van der Waals surface area contributed by atoms with Gasteiger partial charge in [0.25, 0.3) is 0 Å². The third-order valence-corrected chi connectivity index (χ3v) is 4.19. The summed E-state index contributed by atoms with van der Waals surface area (Å²) in [5, 5.41) is 3.48. The fourth-order valence-corrected chi connectivity index (χ4v) is 2.45. The number of hydrogen-bond donors (Lipinski definition) is 1. The number of carbonyl (C=O) groups is 1. The number of nitrogens with one attached hydrogen (secondary N) is 1. The molecular weight excluding hydrogens is 214 g/mol. The quantitative estimate of drug-likeness (QED) is 0.752. The zero-order chi connectivity index (χ0) is 12.8. The molecule has 3 nitrogen and oxygen atoms in total. The third kappa shape index (κ3) is 4.66. The maximum atomic E-state index is 11.4. The highest BCUT2D eigenvalue weighted by Crippen LogP contribution is 2.27. The van der Waals surface area contributed by atoms with E-state index in [4.69, 9.17) is 4.74 Å². The lowest BCUT2D eigenvalue weighted by molar-refractivity contribution is -0.145. The summed E-state index contributed by atoms with van der Waals surface area (Å²) in [6, 6.07) is 0.196. The Kier molecular flexibility index (Phi) is 5.96. The predicted molar refractivity (Wildman–Crippen MR) is 69.8 cm³/mol. The molecule has 1 aliphatic carbocycles. The molecule has 1 aliphatic rings. The first-order valence-electron chi connectivity index (χ1n) is 6.85. The van der Waals surface area contributed by atoms with Gasteiger partial charge in [-0.2, -0.15) is 0 Å². The molecule has 0 spiro atoms. The van der Waals surface area contributed by atoms with Crippen LogP contribution in [-0.2, 0) is 9.53 Å². The normalized spacial score (nSPS) is 28.5. The van der Waals surface area contributed by atoms with Crippen LogP contribution >= 0.6 is 0 Å². The lowest BCUT2D eigenvalue weighted by Gasteiger charge is -2.28. The van der Waals surface area contributed by atoms with Crippen LogP contribution in [0.1, 0.15) is 46.5 Å². The molecule has 100 valence electrons. The van der Waals surface area contributed by atoms with Crippen LogP contribution in [0.25, 0.3) is 0 Å². The second kappa shape index (κ2) is 7.00. The molecule has 2 unspecified atom stereocenters. The van der Waals surface area contributed by atoms with E-state index in [0.29, 0.717) is 0 Å². The summed E-state index contributed by atoms with van der Waals surface area (Å²) in [5.41, 5.74) is 0. The van der Waals surface area contributed by atoms with Crippen molar-refractivity contribution in [2.75, 3.05) is 13.7 Å². The first kappa shape index (κ1) is 14.5. The van der Waals surface area contributed by atoms with Crippen molar-refractivity contribution in [1.82, 2.24) is 5.32 Å². The Labute approximate surface area is 105 Å². The topological polar surface area (TPSA) is 38.3 Å². The molecule has 1 saturated carbocycles. The van der Waals surface area contributed by atoms with E-state index < -0.39 is 0 Å². The van der Waals surface area contributed by atoms with Gasteiger partial charge in [0.05, 0.1) is 13.0 Å². The zero-order valence-electron chi connectivity index (χ0n) is 11.7. The molecule has 0 saturated heterocycles. The molecule has 2 atom stereocenters. The Bertz CT molecular complexity index is 234. The third-order valence-electron chi connectivity index (χ3n) is 4.19. The Morgan fingerprint density at radius 3 is 2.41 bits per heavy atom. The standard InChI is InChI=1S/C14H27NO2/c1-10-5-7-13(8-6-10)9-15-12(3)11(2)14(16)17-4/h10-13,15H,5-9H2,1-4H3. The number of rotatable bonds is 5. The lowest BCUT2D eigenvalue weighted by Crippen LogP contribution is -2.39. The molecule has 1 rings (SSSR count). The van der Waals surface area contributed by atoms with Crippen molar-refractivity contribution in [1.29, 1.82) is 0 Å². The van der Waals surface area contributed by atoms with Gasteiger partial charge < -0.3 is 10.1 Å². The minimum absolute atomic E-state index is 0.0671. The van der Waals surface area contributed by atoms with Crippen molar-refractivity contribution in [2.45, 2.75) is 52.5 Å². The second-order valence-corrected chi connectivity index (χ2v) is 5.63. The summed E-state index contributed by atoms with van der Waals surface area (Å²) in [5.74, 6) is 1.50. The van der Waals surface area contributed by atoms with E-state index in [1.165, 1.54) is 32.8 Å². The van der Waals surface area contributed by atoms with Gasteiger partial charge >= 0.3 is 5.97 Å². The van der Waals surface area contributed by atoms with Gasteiger partial charge in [-0.3, -0.25) is 4.79 Å². The van der Waals surface area contributed by atoms with E-state index in [2.05, 4.69) is 19.2 Å². The van der Waals surface area contributed by atoms with Gasteiger partial charge in [-0.25, -0.2) is 0 Å². The molecule has 3 heteroatoms. The molecule has 0 radical (unpaired) electrons. The number of methoxy groups -OCH3 is 1. The van der Waals surface area contributed by atoms with E-state index in [1.807, 2.05) is 6.92 Å². The Morgan fingerprint density at radius 2 is 1.88 bits per heavy atom. The van der Waals surface area contributed by atoms with E-state index in [1.54, 1.807) is 0 Å². The summed E-state index contributed by atoms with van der Waals surface area (Å²) >= 11 is 0. The fourth-order valence-electron chi connectivity index (χ4n) is 2.45. The highest BCUT2D eigenvalue weighted by molar-refractivity contribution is 5.72. The lowest BCUT2D eigenvalue weighted by atomic mass is 9.83. The molecule has 0 heterocycles. The predicted octanol–water partition coefficient (Wildman–Crippen LogP) is 2.60. The molecule has 0 amide bonds. The van der Waals surface area contributed by atoms with Crippen molar-refractivity contribution in [2.24, 2.45) is 17.8 Å². The molecule has 0 aromatic carbocycles. The van der Waals surface area contributed by atoms with Crippen LogP contribution in [0.15, 0.2) is 0 Å². The van der Waals surface area contributed by atoms with Gasteiger partial charge in [0.1, 0.15) is 0 Å². The molecule has 0 aromatic rings. The smallest absolute Gasteiger partial charge is 0.309 e. The SMILES string of the molecule is COC(=O)C(C)C(C)NCC1CCC(C)CC1. The maximum absolute atomic E-state index is 11.4. The summed E-state index contributed by atoms with van der Waals surface area (Å²) < 4.78 is 4.76. The van der Waals surface area contributed by atoms with Gasteiger partial charge in [-0.1, -0.05) is 26.7 Å². The highest BCUT2D eigenvalue weighted by atomic mass is 16.5. The first-order valence-corrected chi connectivity index (χ1v) is 6.85. The van der Waals surface area contributed by atoms with Crippen LogP contribution in [0.4, 0.5) is 0 Å². The van der Waals surface area contributed by atoms with E-state index in [9.17, 15) is 4.79 Å². The average Bonchev–Trinajstić information content (AvgIpc) is 2.35. The van der Waals surface area contributed by atoms with E-state index in [-0.39, 0.29) is 17.9 Å². The summed E-state index contributed by atoms with van der Waals surface area (Å²) in [6.45, 7) is 7.36. The number of ether oxygens (including phenoxy) is 1. The molecule has 0 aliphatic heterocycles. The van der Waals surface area contributed by atoms with Crippen LogP contribution in [0, 0.1) is 17.8 Å². The summed E-state index contributed by atoms with van der Waals surface area (Å²) in [6.07, 6.45) is 5.36. The first-order chi connectivity index (χ1) is 8.04. The monoisotopic (exact) mass is 241 g/mol. The van der Waals surface area contributed by atoms with Gasteiger partial charge in [0, 0.05) is 6.04 Å². The molecule has 17 heavy (non-hydrogen) atoms. The van der Waals surface area contributed by atoms with Crippen molar-refractivity contribution >= 4 is 5.97 Å². The molecular formula is C14H27NO2.